The van der Waals surface area contributed by atoms with E-state index in [0.29, 0.717) is 24.2 Å². The summed E-state index contributed by atoms with van der Waals surface area (Å²) in [7, 11) is -3.66. The summed E-state index contributed by atoms with van der Waals surface area (Å²) in [6.07, 6.45) is 3.14. The molecule has 1 aromatic heterocycles. The third-order valence-electron chi connectivity index (χ3n) is 3.53. The SMILES string of the molecule is CC1(CNS(=O)(=O)c2cc(Br)cnc2N)CCOCC1. The molecule has 3 N–H and O–H groups in total. The Labute approximate surface area is 127 Å². The van der Waals surface area contributed by atoms with Gasteiger partial charge >= 0.3 is 0 Å². The van der Waals surface area contributed by atoms with Gasteiger partial charge in [-0.2, -0.15) is 0 Å². The van der Waals surface area contributed by atoms with E-state index in [9.17, 15) is 8.42 Å². The highest BCUT2D eigenvalue weighted by Gasteiger charge is 2.30. The van der Waals surface area contributed by atoms with Crippen molar-refractivity contribution in [2.75, 3.05) is 25.5 Å². The summed E-state index contributed by atoms with van der Waals surface area (Å²) in [5, 5.41) is 0. The molecule has 1 aliphatic heterocycles. The van der Waals surface area contributed by atoms with Crippen molar-refractivity contribution in [2.45, 2.75) is 24.7 Å². The van der Waals surface area contributed by atoms with Gasteiger partial charge in [0.25, 0.3) is 0 Å². The van der Waals surface area contributed by atoms with Crippen molar-refractivity contribution in [1.82, 2.24) is 9.71 Å². The summed E-state index contributed by atoms with van der Waals surface area (Å²) in [6, 6.07) is 1.46. The lowest BCUT2D eigenvalue weighted by Gasteiger charge is -2.33. The van der Waals surface area contributed by atoms with Gasteiger partial charge in [0.1, 0.15) is 10.7 Å². The number of nitrogens with zero attached hydrogens (tertiary/aromatic N) is 1. The smallest absolute Gasteiger partial charge is 0.244 e. The molecule has 0 spiro atoms. The largest absolute Gasteiger partial charge is 0.383 e. The van der Waals surface area contributed by atoms with E-state index in [1.807, 2.05) is 0 Å². The Morgan fingerprint density at radius 2 is 2.15 bits per heavy atom. The number of nitrogens with two attached hydrogens (primary N) is 1. The molecule has 0 aliphatic carbocycles. The van der Waals surface area contributed by atoms with E-state index in [1.165, 1.54) is 12.3 Å². The van der Waals surface area contributed by atoms with Gasteiger partial charge in [0.2, 0.25) is 10.0 Å². The second-order valence-electron chi connectivity index (χ2n) is 5.28. The number of rotatable bonds is 4. The number of nitrogen functional groups attached to an aromatic ring is 1. The molecular weight excluding hydrogens is 346 g/mol. The zero-order valence-corrected chi connectivity index (χ0v) is 13.6. The second-order valence-corrected chi connectivity index (χ2v) is 7.94. The minimum absolute atomic E-state index is 0.00201. The molecule has 2 heterocycles. The zero-order valence-electron chi connectivity index (χ0n) is 11.2. The number of hydrogen-bond acceptors (Lipinski definition) is 5. The third-order valence-corrected chi connectivity index (χ3v) is 5.39. The quantitative estimate of drug-likeness (QED) is 0.845. The monoisotopic (exact) mass is 363 g/mol. The van der Waals surface area contributed by atoms with Gasteiger partial charge in [-0.25, -0.2) is 18.1 Å². The van der Waals surface area contributed by atoms with Crippen molar-refractivity contribution in [3.63, 3.8) is 0 Å². The van der Waals surface area contributed by atoms with Crippen molar-refractivity contribution in [2.24, 2.45) is 5.41 Å². The van der Waals surface area contributed by atoms with Crippen LogP contribution in [0, 0.1) is 5.41 Å². The first-order chi connectivity index (χ1) is 9.32. The van der Waals surface area contributed by atoms with Crippen LogP contribution >= 0.6 is 15.9 Å². The topological polar surface area (TPSA) is 94.3 Å². The van der Waals surface area contributed by atoms with Crippen molar-refractivity contribution in [3.05, 3.63) is 16.7 Å². The Bertz CT molecular complexity index is 586. The molecular formula is C12H18BrN3O3S. The van der Waals surface area contributed by atoms with E-state index in [-0.39, 0.29) is 16.1 Å². The first-order valence-electron chi connectivity index (χ1n) is 6.31. The molecule has 20 heavy (non-hydrogen) atoms. The van der Waals surface area contributed by atoms with E-state index >= 15 is 0 Å². The summed E-state index contributed by atoms with van der Waals surface area (Å²) < 4.78 is 33.1. The maximum atomic E-state index is 12.3. The Hall–Kier alpha value is -0.700. The summed E-state index contributed by atoms with van der Waals surface area (Å²) in [5.41, 5.74) is 5.56. The Kier molecular flexibility index (Phi) is 4.68. The summed E-state index contributed by atoms with van der Waals surface area (Å²) in [6.45, 7) is 3.75. The van der Waals surface area contributed by atoms with Crippen LogP contribution < -0.4 is 10.5 Å². The molecule has 0 bridgehead atoms. The van der Waals surface area contributed by atoms with Gasteiger partial charge in [-0.05, 0) is 40.3 Å². The fourth-order valence-electron chi connectivity index (χ4n) is 2.03. The number of anilines is 1. The van der Waals surface area contributed by atoms with Crippen LogP contribution in [0.4, 0.5) is 5.82 Å². The molecule has 0 saturated carbocycles. The predicted molar refractivity (Wildman–Crippen MR) is 79.7 cm³/mol. The molecule has 1 aliphatic rings. The molecule has 0 atom stereocenters. The molecule has 1 saturated heterocycles. The lowest BCUT2D eigenvalue weighted by molar-refractivity contribution is 0.0265. The molecule has 112 valence electrons. The molecule has 0 unspecified atom stereocenters. The van der Waals surface area contributed by atoms with Gasteiger partial charge in [0, 0.05) is 30.4 Å². The van der Waals surface area contributed by atoms with Crippen LogP contribution in [0.25, 0.3) is 0 Å². The van der Waals surface area contributed by atoms with Gasteiger partial charge in [-0.3, -0.25) is 0 Å². The molecule has 1 aromatic rings. The highest BCUT2D eigenvalue weighted by Crippen LogP contribution is 2.29. The minimum atomic E-state index is -3.66. The number of pyridine rings is 1. The number of hydrogen-bond donors (Lipinski definition) is 2. The van der Waals surface area contributed by atoms with E-state index < -0.39 is 10.0 Å². The van der Waals surface area contributed by atoms with Gasteiger partial charge in [0.15, 0.2) is 0 Å². The number of ether oxygens (including phenoxy) is 1. The first-order valence-corrected chi connectivity index (χ1v) is 8.58. The predicted octanol–water partition coefficient (Wildman–Crippen LogP) is 1.52. The molecule has 0 radical (unpaired) electrons. The summed E-state index contributed by atoms with van der Waals surface area (Å²) in [4.78, 5) is 3.85. The van der Waals surface area contributed by atoms with Crippen LogP contribution in [-0.4, -0.2) is 33.2 Å². The van der Waals surface area contributed by atoms with Crippen molar-refractivity contribution >= 4 is 31.8 Å². The van der Waals surface area contributed by atoms with Crippen molar-refractivity contribution in [1.29, 1.82) is 0 Å². The fraction of sp³-hybridized carbons (Fsp3) is 0.583. The van der Waals surface area contributed by atoms with E-state index in [1.54, 1.807) is 0 Å². The third kappa shape index (κ3) is 3.69. The van der Waals surface area contributed by atoms with Crippen LogP contribution in [0.5, 0.6) is 0 Å². The normalized spacial score (nSPS) is 18.9. The zero-order chi connectivity index (χ0) is 14.8. The number of nitrogens with one attached hydrogen (secondary N) is 1. The van der Waals surface area contributed by atoms with E-state index in [2.05, 4.69) is 32.6 Å². The molecule has 8 heteroatoms. The Balaban J connectivity index is 2.13. The number of halogens is 1. The standard InChI is InChI=1S/C12H18BrN3O3S/c1-12(2-4-19-5-3-12)8-16-20(17,18)10-6-9(13)7-15-11(10)14/h6-7,16H,2-5,8H2,1H3,(H2,14,15). The Morgan fingerprint density at radius 3 is 2.80 bits per heavy atom. The van der Waals surface area contributed by atoms with Crippen LogP contribution in [0.1, 0.15) is 19.8 Å². The van der Waals surface area contributed by atoms with Gasteiger partial charge in [-0.15, -0.1) is 0 Å². The van der Waals surface area contributed by atoms with E-state index in [4.69, 9.17) is 10.5 Å². The van der Waals surface area contributed by atoms with Crippen molar-refractivity contribution < 1.29 is 13.2 Å². The van der Waals surface area contributed by atoms with Crippen molar-refractivity contribution in [3.8, 4) is 0 Å². The van der Waals surface area contributed by atoms with Crippen LogP contribution in [0.15, 0.2) is 21.6 Å². The Morgan fingerprint density at radius 1 is 1.50 bits per heavy atom. The lowest BCUT2D eigenvalue weighted by atomic mass is 9.83. The van der Waals surface area contributed by atoms with Gasteiger partial charge in [-0.1, -0.05) is 6.92 Å². The maximum absolute atomic E-state index is 12.3. The van der Waals surface area contributed by atoms with E-state index in [0.717, 1.165) is 12.8 Å². The molecule has 0 aromatic carbocycles. The highest BCUT2D eigenvalue weighted by atomic mass is 79.9. The van der Waals surface area contributed by atoms with Crippen LogP contribution in [-0.2, 0) is 14.8 Å². The lowest BCUT2D eigenvalue weighted by Crippen LogP contribution is -2.39. The van der Waals surface area contributed by atoms with Crippen LogP contribution in [0.3, 0.4) is 0 Å². The number of aromatic nitrogens is 1. The van der Waals surface area contributed by atoms with Crippen LogP contribution in [0.2, 0.25) is 0 Å². The molecule has 2 rings (SSSR count). The first kappa shape index (κ1) is 15.7. The van der Waals surface area contributed by atoms with Gasteiger partial charge < -0.3 is 10.5 Å². The maximum Gasteiger partial charge on any atom is 0.244 e. The second kappa shape index (κ2) is 5.97. The minimum Gasteiger partial charge on any atom is -0.383 e. The average Bonchev–Trinajstić information content (AvgIpc) is 2.40. The number of sulfonamides is 1. The summed E-state index contributed by atoms with van der Waals surface area (Å²) in [5.74, 6) is -0.00201. The summed E-state index contributed by atoms with van der Waals surface area (Å²) >= 11 is 3.20. The van der Waals surface area contributed by atoms with Gasteiger partial charge in [0.05, 0.1) is 0 Å². The highest BCUT2D eigenvalue weighted by molar-refractivity contribution is 9.10. The average molecular weight is 364 g/mol. The molecule has 0 amide bonds. The fourth-order valence-corrected chi connectivity index (χ4v) is 3.82. The molecule has 6 nitrogen and oxygen atoms in total. The molecule has 1 fully saturated rings.